The lowest BCUT2D eigenvalue weighted by Gasteiger charge is -2.13. The summed E-state index contributed by atoms with van der Waals surface area (Å²) in [5.74, 6) is 0.711. The molecule has 1 aromatic heterocycles. The second kappa shape index (κ2) is 8.48. The third-order valence-corrected chi connectivity index (χ3v) is 4.40. The van der Waals surface area contributed by atoms with Crippen molar-refractivity contribution in [2.45, 2.75) is 26.7 Å². The Hall–Kier alpha value is -3.47. The number of pyridine rings is 1. The minimum absolute atomic E-state index is 0.00491. The van der Waals surface area contributed by atoms with E-state index in [0.29, 0.717) is 22.9 Å². The minimum Gasteiger partial charge on any atom is -0.340 e. The number of anilines is 3. The summed E-state index contributed by atoms with van der Waals surface area (Å²) in [4.78, 5) is 28.4. The van der Waals surface area contributed by atoms with E-state index in [1.54, 1.807) is 24.3 Å². The van der Waals surface area contributed by atoms with Crippen molar-refractivity contribution in [1.29, 1.82) is 0 Å². The number of carbonyl (C=O) groups is 2. The molecule has 0 unspecified atom stereocenters. The molecule has 0 saturated carbocycles. The van der Waals surface area contributed by atoms with Crippen molar-refractivity contribution in [3.63, 3.8) is 0 Å². The number of nitrogens with one attached hydrogen (secondary N) is 2. The predicted molar refractivity (Wildman–Crippen MR) is 112 cm³/mol. The Morgan fingerprint density at radius 1 is 0.929 bits per heavy atom. The van der Waals surface area contributed by atoms with Crippen LogP contribution in [0.15, 0.2) is 66.9 Å². The van der Waals surface area contributed by atoms with E-state index in [1.807, 2.05) is 36.4 Å². The highest BCUT2D eigenvalue weighted by Crippen LogP contribution is 2.24. The number of amides is 1. The van der Waals surface area contributed by atoms with Gasteiger partial charge in [-0.2, -0.15) is 0 Å². The van der Waals surface area contributed by atoms with Crippen molar-refractivity contribution in [2.75, 3.05) is 10.6 Å². The molecule has 3 aromatic rings. The molecule has 28 heavy (non-hydrogen) atoms. The molecule has 2 aromatic carbocycles. The zero-order chi connectivity index (χ0) is 20.1. The monoisotopic (exact) mass is 373 g/mol. The van der Waals surface area contributed by atoms with Crippen LogP contribution >= 0.6 is 0 Å². The fourth-order valence-electron chi connectivity index (χ4n) is 2.87. The Morgan fingerprint density at radius 2 is 1.71 bits per heavy atom. The van der Waals surface area contributed by atoms with E-state index in [9.17, 15) is 9.59 Å². The molecule has 0 radical (unpaired) electrons. The number of rotatable bonds is 6. The van der Waals surface area contributed by atoms with Gasteiger partial charge in [-0.1, -0.05) is 44.2 Å². The van der Waals surface area contributed by atoms with Crippen LogP contribution in [0.5, 0.6) is 0 Å². The van der Waals surface area contributed by atoms with Crippen LogP contribution in [0.25, 0.3) is 0 Å². The van der Waals surface area contributed by atoms with Gasteiger partial charge in [0, 0.05) is 23.1 Å². The number of benzene rings is 2. The van der Waals surface area contributed by atoms with E-state index in [-0.39, 0.29) is 11.7 Å². The molecule has 0 aliphatic heterocycles. The maximum absolute atomic E-state index is 12.6. The molecule has 2 N–H and O–H groups in total. The average molecular weight is 373 g/mol. The van der Waals surface area contributed by atoms with Gasteiger partial charge in [0.2, 0.25) is 0 Å². The Bertz CT molecular complexity index is 995. The summed E-state index contributed by atoms with van der Waals surface area (Å²) in [5, 5.41) is 6.10. The highest BCUT2D eigenvalue weighted by Gasteiger charge is 2.11. The molecule has 1 heterocycles. The van der Waals surface area contributed by atoms with E-state index < -0.39 is 0 Å². The van der Waals surface area contributed by atoms with Crippen molar-refractivity contribution in [3.8, 4) is 0 Å². The minimum atomic E-state index is -0.203. The zero-order valence-electron chi connectivity index (χ0n) is 16.2. The third-order valence-electron chi connectivity index (χ3n) is 4.40. The Labute approximate surface area is 164 Å². The van der Waals surface area contributed by atoms with Crippen LogP contribution in [-0.4, -0.2) is 16.7 Å². The first-order valence-electron chi connectivity index (χ1n) is 9.18. The van der Waals surface area contributed by atoms with Gasteiger partial charge in [-0.25, -0.2) is 4.98 Å². The topological polar surface area (TPSA) is 71.1 Å². The van der Waals surface area contributed by atoms with E-state index in [4.69, 9.17) is 0 Å². The molecule has 0 spiro atoms. The Kier molecular flexibility index (Phi) is 5.84. The standard InChI is InChI=1S/C23H23N3O2/c1-15(2)20-9-4-5-10-21(20)26-23(28)18-11-12-22(24-14-18)25-19-8-6-7-17(13-19)16(3)27/h4-15H,1-3H3,(H,24,25)(H,26,28). The molecule has 0 aliphatic rings. The van der Waals surface area contributed by atoms with Gasteiger partial charge < -0.3 is 10.6 Å². The lowest BCUT2D eigenvalue weighted by molar-refractivity contribution is 0.101. The predicted octanol–water partition coefficient (Wildman–Crippen LogP) is 5.40. The van der Waals surface area contributed by atoms with Gasteiger partial charge in [-0.05, 0) is 48.7 Å². The highest BCUT2D eigenvalue weighted by atomic mass is 16.1. The van der Waals surface area contributed by atoms with Gasteiger partial charge in [0.1, 0.15) is 5.82 Å². The first-order chi connectivity index (χ1) is 13.4. The summed E-state index contributed by atoms with van der Waals surface area (Å²) in [5.41, 5.74) is 3.77. The number of ketones is 1. The van der Waals surface area contributed by atoms with Crippen LogP contribution in [0.1, 0.15) is 53.0 Å². The van der Waals surface area contributed by atoms with Crippen LogP contribution in [-0.2, 0) is 0 Å². The highest BCUT2D eigenvalue weighted by molar-refractivity contribution is 6.04. The van der Waals surface area contributed by atoms with Gasteiger partial charge in [0.25, 0.3) is 5.91 Å². The molecule has 142 valence electrons. The zero-order valence-corrected chi connectivity index (χ0v) is 16.2. The maximum Gasteiger partial charge on any atom is 0.257 e. The molecule has 3 rings (SSSR count). The Morgan fingerprint density at radius 3 is 2.39 bits per heavy atom. The first kappa shape index (κ1) is 19.3. The van der Waals surface area contributed by atoms with Gasteiger partial charge >= 0.3 is 0 Å². The SMILES string of the molecule is CC(=O)c1cccc(Nc2ccc(C(=O)Nc3ccccc3C(C)C)cn2)c1. The van der Waals surface area contributed by atoms with E-state index in [1.165, 1.54) is 13.1 Å². The van der Waals surface area contributed by atoms with Gasteiger partial charge in [0.05, 0.1) is 5.56 Å². The number of hydrogen-bond acceptors (Lipinski definition) is 4. The molecular formula is C23H23N3O2. The van der Waals surface area contributed by atoms with Crippen LogP contribution in [0.3, 0.4) is 0 Å². The number of nitrogens with zero attached hydrogens (tertiary/aromatic N) is 1. The number of Topliss-reactive ketones (excluding diaryl/α,β-unsaturated/α-hetero) is 1. The summed E-state index contributed by atoms with van der Waals surface area (Å²) >= 11 is 0. The van der Waals surface area contributed by atoms with Crippen molar-refractivity contribution in [3.05, 3.63) is 83.6 Å². The van der Waals surface area contributed by atoms with E-state index in [2.05, 4.69) is 29.5 Å². The Balaban J connectivity index is 1.71. The molecule has 1 amide bonds. The summed E-state index contributed by atoms with van der Waals surface area (Å²) in [6.45, 7) is 5.71. The fraction of sp³-hybridized carbons (Fsp3) is 0.174. The maximum atomic E-state index is 12.6. The quantitative estimate of drug-likeness (QED) is 0.567. The number of para-hydroxylation sites is 1. The molecule has 0 atom stereocenters. The molecule has 0 fully saturated rings. The fourth-order valence-corrected chi connectivity index (χ4v) is 2.87. The number of hydrogen-bond donors (Lipinski definition) is 2. The largest absolute Gasteiger partial charge is 0.340 e. The van der Waals surface area contributed by atoms with E-state index in [0.717, 1.165) is 16.9 Å². The lowest BCUT2D eigenvalue weighted by Crippen LogP contribution is -2.14. The molecule has 0 saturated heterocycles. The summed E-state index contributed by atoms with van der Waals surface area (Å²) in [7, 11) is 0. The van der Waals surface area contributed by atoms with Gasteiger partial charge in [-0.15, -0.1) is 0 Å². The van der Waals surface area contributed by atoms with Crippen LogP contribution in [0, 0.1) is 0 Å². The second-order valence-electron chi connectivity index (χ2n) is 6.89. The first-order valence-corrected chi connectivity index (χ1v) is 9.18. The molecule has 0 aliphatic carbocycles. The van der Waals surface area contributed by atoms with Crippen molar-refractivity contribution in [2.24, 2.45) is 0 Å². The molecule has 5 heteroatoms. The van der Waals surface area contributed by atoms with Crippen molar-refractivity contribution in [1.82, 2.24) is 4.98 Å². The summed E-state index contributed by atoms with van der Waals surface area (Å²) < 4.78 is 0. The van der Waals surface area contributed by atoms with Crippen molar-refractivity contribution < 1.29 is 9.59 Å². The molecule has 0 bridgehead atoms. The van der Waals surface area contributed by atoms with Crippen LogP contribution in [0.2, 0.25) is 0 Å². The van der Waals surface area contributed by atoms with Crippen LogP contribution < -0.4 is 10.6 Å². The normalized spacial score (nSPS) is 10.6. The van der Waals surface area contributed by atoms with Crippen LogP contribution in [0.4, 0.5) is 17.2 Å². The second-order valence-corrected chi connectivity index (χ2v) is 6.89. The van der Waals surface area contributed by atoms with Gasteiger partial charge in [0.15, 0.2) is 5.78 Å². The van der Waals surface area contributed by atoms with Gasteiger partial charge in [-0.3, -0.25) is 9.59 Å². The lowest BCUT2D eigenvalue weighted by atomic mass is 10.0. The molecular weight excluding hydrogens is 350 g/mol. The third kappa shape index (κ3) is 4.62. The number of carbonyl (C=O) groups excluding carboxylic acids is 2. The number of aromatic nitrogens is 1. The molecule has 5 nitrogen and oxygen atoms in total. The summed E-state index contributed by atoms with van der Waals surface area (Å²) in [6.07, 6.45) is 1.53. The van der Waals surface area contributed by atoms with E-state index >= 15 is 0 Å². The average Bonchev–Trinajstić information content (AvgIpc) is 2.69. The smallest absolute Gasteiger partial charge is 0.257 e. The van der Waals surface area contributed by atoms with Crippen molar-refractivity contribution >= 4 is 28.9 Å². The summed E-state index contributed by atoms with van der Waals surface area (Å²) in [6, 6.07) is 18.5.